The fourth-order valence-corrected chi connectivity index (χ4v) is 1.67. The van der Waals surface area contributed by atoms with Crippen LogP contribution in [0.3, 0.4) is 0 Å². The van der Waals surface area contributed by atoms with Gasteiger partial charge in [-0.1, -0.05) is 61.1 Å². The minimum absolute atomic E-state index is 0.486. The van der Waals surface area contributed by atoms with Crippen LogP contribution in [-0.2, 0) is 11.3 Å². The molecular weight excluding hydrogens is 208 g/mol. The molecule has 1 atom stereocenters. The molecule has 0 aliphatic heterocycles. The van der Waals surface area contributed by atoms with E-state index in [1.54, 1.807) is 0 Å². The molecule has 1 unspecified atom stereocenters. The zero-order valence-electron chi connectivity index (χ0n) is 11.0. The third kappa shape index (κ3) is 6.75. The van der Waals surface area contributed by atoms with Crippen molar-refractivity contribution in [2.75, 3.05) is 6.61 Å². The van der Waals surface area contributed by atoms with Crippen LogP contribution in [0.15, 0.2) is 54.1 Å². The second-order valence-corrected chi connectivity index (χ2v) is 4.53. The van der Waals surface area contributed by atoms with Crippen molar-refractivity contribution in [2.45, 2.75) is 27.4 Å². The van der Waals surface area contributed by atoms with Crippen molar-refractivity contribution in [3.63, 3.8) is 0 Å². The summed E-state index contributed by atoms with van der Waals surface area (Å²) < 4.78 is 5.57. The number of rotatable bonds is 6. The van der Waals surface area contributed by atoms with Crippen LogP contribution < -0.4 is 0 Å². The minimum Gasteiger partial charge on any atom is -0.373 e. The molecule has 0 amide bonds. The summed E-state index contributed by atoms with van der Waals surface area (Å²) in [5, 5.41) is 0. The fraction of sp³-hybridized carbons (Fsp3) is 0.375. The molecule has 0 spiro atoms. The van der Waals surface area contributed by atoms with E-state index >= 15 is 0 Å². The molecule has 0 bridgehead atoms. The van der Waals surface area contributed by atoms with Gasteiger partial charge in [0.2, 0.25) is 0 Å². The van der Waals surface area contributed by atoms with Crippen molar-refractivity contribution in [1.82, 2.24) is 0 Å². The second-order valence-electron chi connectivity index (χ2n) is 4.53. The van der Waals surface area contributed by atoms with E-state index in [0.717, 1.165) is 0 Å². The number of hydrogen-bond acceptors (Lipinski definition) is 1. The van der Waals surface area contributed by atoms with Gasteiger partial charge in [-0.05, 0) is 25.3 Å². The van der Waals surface area contributed by atoms with Crippen LogP contribution in [0.25, 0.3) is 0 Å². The number of benzene rings is 1. The highest BCUT2D eigenvalue weighted by Crippen LogP contribution is 2.04. The zero-order chi connectivity index (χ0) is 12.5. The Balaban J connectivity index is 2.20. The third-order valence-corrected chi connectivity index (χ3v) is 2.36. The van der Waals surface area contributed by atoms with Gasteiger partial charge in [-0.25, -0.2) is 0 Å². The van der Waals surface area contributed by atoms with E-state index in [4.69, 9.17) is 4.74 Å². The topological polar surface area (TPSA) is 9.23 Å². The van der Waals surface area contributed by atoms with Crippen molar-refractivity contribution in [1.29, 1.82) is 0 Å². The van der Waals surface area contributed by atoms with Gasteiger partial charge in [-0.3, -0.25) is 0 Å². The molecule has 0 radical (unpaired) electrons. The van der Waals surface area contributed by atoms with Crippen LogP contribution in [0.4, 0.5) is 0 Å². The molecular formula is C16H22O. The van der Waals surface area contributed by atoms with Crippen molar-refractivity contribution in [2.24, 2.45) is 5.92 Å². The summed E-state index contributed by atoms with van der Waals surface area (Å²) in [6.07, 6.45) is 6.51. The van der Waals surface area contributed by atoms with Crippen LogP contribution in [0, 0.1) is 5.92 Å². The van der Waals surface area contributed by atoms with Gasteiger partial charge in [0.25, 0.3) is 0 Å². The summed E-state index contributed by atoms with van der Waals surface area (Å²) in [5.41, 5.74) is 2.57. The fourth-order valence-electron chi connectivity index (χ4n) is 1.67. The lowest BCUT2D eigenvalue weighted by atomic mass is 10.1. The van der Waals surface area contributed by atoms with Crippen LogP contribution in [0.2, 0.25) is 0 Å². The molecule has 1 nitrogen and oxygen atoms in total. The molecule has 1 aromatic rings. The largest absolute Gasteiger partial charge is 0.373 e. The van der Waals surface area contributed by atoms with Crippen LogP contribution in [0.5, 0.6) is 0 Å². The Bertz CT molecular complexity index is 358. The van der Waals surface area contributed by atoms with Crippen LogP contribution in [0.1, 0.15) is 26.3 Å². The molecule has 0 aliphatic rings. The molecule has 1 rings (SSSR count). The van der Waals surface area contributed by atoms with E-state index < -0.39 is 0 Å². The molecule has 0 heterocycles. The monoisotopic (exact) mass is 230 g/mol. The van der Waals surface area contributed by atoms with Gasteiger partial charge < -0.3 is 4.74 Å². The van der Waals surface area contributed by atoms with Gasteiger partial charge in [-0.15, -0.1) is 0 Å². The molecule has 0 aromatic heterocycles. The van der Waals surface area contributed by atoms with E-state index in [-0.39, 0.29) is 0 Å². The van der Waals surface area contributed by atoms with Gasteiger partial charge in [0.1, 0.15) is 0 Å². The summed E-state index contributed by atoms with van der Waals surface area (Å²) in [6.45, 7) is 7.78. The Kier molecular flexibility index (Phi) is 6.34. The van der Waals surface area contributed by atoms with E-state index in [2.05, 4.69) is 51.1 Å². The second kappa shape index (κ2) is 7.86. The molecule has 0 fully saturated rings. The molecule has 1 heteroatoms. The summed E-state index contributed by atoms with van der Waals surface area (Å²) in [6, 6.07) is 10.2. The van der Waals surface area contributed by atoms with Crippen molar-refractivity contribution >= 4 is 0 Å². The van der Waals surface area contributed by atoms with Gasteiger partial charge >= 0.3 is 0 Å². The van der Waals surface area contributed by atoms with Crippen LogP contribution >= 0.6 is 0 Å². The van der Waals surface area contributed by atoms with Crippen LogP contribution in [-0.4, -0.2) is 6.61 Å². The summed E-state index contributed by atoms with van der Waals surface area (Å²) >= 11 is 0. The first-order chi connectivity index (χ1) is 8.18. The molecule has 0 N–H and O–H groups in total. The first-order valence-electron chi connectivity index (χ1n) is 6.12. The molecule has 0 saturated carbocycles. The Hall–Kier alpha value is -1.34. The smallest absolute Gasteiger partial charge is 0.0721 e. The summed E-state index contributed by atoms with van der Waals surface area (Å²) in [5.74, 6) is 0.486. The quantitative estimate of drug-likeness (QED) is 0.521. The standard InChI is InChI=1S/C16H22O/c1-14(2)12-15(3)8-7-11-17-13-16-9-5-4-6-10-16/h4-10,12,15H,11,13H2,1-3H3/b8-7+. The molecule has 0 aliphatic carbocycles. The highest BCUT2D eigenvalue weighted by molar-refractivity contribution is 5.13. The first kappa shape index (κ1) is 13.7. The lowest BCUT2D eigenvalue weighted by molar-refractivity contribution is 0.148. The Morgan fingerprint density at radius 1 is 1.24 bits per heavy atom. The lowest BCUT2D eigenvalue weighted by Gasteiger charge is -2.02. The Morgan fingerprint density at radius 3 is 2.59 bits per heavy atom. The molecule has 92 valence electrons. The number of allylic oxidation sites excluding steroid dienone is 3. The van der Waals surface area contributed by atoms with Gasteiger partial charge in [-0.2, -0.15) is 0 Å². The Labute approximate surface area is 105 Å². The van der Waals surface area contributed by atoms with Gasteiger partial charge in [0.05, 0.1) is 13.2 Å². The lowest BCUT2D eigenvalue weighted by Crippen LogP contribution is -1.93. The summed E-state index contributed by atoms with van der Waals surface area (Å²) in [7, 11) is 0. The Morgan fingerprint density at radius 2 is 1.94 bits per heavy atom. The molecule has 0 saturated heterocycles. The maximum absolute atomic E-state index is 5.57. The maximum atomic E-state index is 5.57. The third-order valence-electron chi connectivity index (χ3n) is 2.36. The maximum Gasteiger partial charge on any atom is 0.0721 e. The van der Waals surface area contributed by atoms with E-state index in [1.807, 2.05) is 18.2 Å². The number of hydrogen-bond donors (Lipinski definition) is 0. The SMILES string of the molecule is CC(C)=CC(C)/C=C/COCc1ccccc1. The molecule has 1 aromatic carbocycles. The zero-order valence-corrected chi connectivity index (χ0v) is 11.0. The highest BCUT2D eigenvalue weighted by atomic mass is 16.5. The predicted octanol–water partition coefficient (Wildman–Crippen LogP) is 4.36. The predicted molar refractivity (Wildman–Crippen MR) is 73.8 cm³/mol. The average molecular weight is 230 g/mol. The van der Waals surface area contributed by atoms with E-state index in [9.17, 15) is 0 Å². The van der Waals surface area contributed by atoms with Crippen molar-refractivity contribution < 1.29 is 4.74 Å². The van der Waals surface area contributed by atoms with Gasteiger partial charge in [0, 0.05) is 0 Å². The minimum atomic E-state index is 0.486. The van der Waals surface area contributed by atoms with E-state index in [1.165, 1.54) is 11.1 Å². The van der Waals surface area contributed by atoms with Crippen molar-refractivity contribution in [3.8, 4) is 0 Å². The highest BCUT2D eigenvalue weighted by Gasteiger charge is 1.91. The average Bonchev–Trinajstić information content (AvgIpc) is 2.29. The van der Waals surface area contributed by atoms with Crippen molar-refractivity contribution in [3.05, 3.63) is 59.7 Å². The normalized spacial score (nSPS) is 12.6. The first-order valence-corrected chi connectivity index (χ1v) is 6.12. The summed E-state index contributed by atoms with van der Waals surface area (Å²) in [4.78, 5) is 0. The number of ether oxygens (including phenoxy) is 1. The molecule has 17 heavy (non-hydrogen) atoms. The van der Waals surface area contributed by atoms with E-state index in [0.29, 0.717) is 19.1 Å². The van der Waals surface area contributed by atoms with Gasteiger partial charge in [0.15, 0.2) is 0 Å².